The van der Waals surface area contributed by atoms with E-state index >= 15 is 0 Å². The fourth-order valence-electron chi connectivity index (χ4n) is 3.70. The average molecular weight is 446 g/mol. The highest BCUT2D eigenvalue weighted by atomic mass is 19.4. The summed E-state index contributed by atoms with van der Waals surface area (Å²) in [6.45, 7) is 5.38. The standard InChI is InChI=1S/C18H24N2O4.C2HF3O2/c1-19-5-8-24-17-12-20(11-14(17)10-19)18(21)13-3-4-15-16(9-13)23-7-2-6-22-15;3-2(4,5)1(6)7/h3-4,9,14,17H,2,5-8,10-12H2,1H3;(H,6,7)/t14-,17+;/m0./s1. The second-order valence-electron chi connectivity index (χ2n) is 7.66. The zero-order valence-corrected chi connectivity index (χ0v) is 17.1. The lowest BCUT2D eigenvalue weighted by Gasteiger charge is -2.19. The van der Waals surface area contributed by atoms with Crippen LogP contribution in [0.15, 0.2) is 18.2 Å². The Bertz CT molecular complexity index is 804. The first-order chi connectivity index (χ1) is 14.6. The predicted molar refractivity (Wildman–Crippen MR) is 102 cm³/mol. The highest BCUT2D eigenvalue weighted by Gasteiger charge is 2.39. The lowest BCUT2D eigenvalue weighted by molar-refractivity contribution is -0.192. The molecule has 0 bridgehead atoms. The molecule has 31 heavy (non-hydrogen) atoms. The molecule has 3 heterocycles. The number of nitrogens with zero attached hydrogens (tertiary/aromatic N) is 2. The fraction of sp³-hybridized carbons (Fsp3) is 0.600. The van der Waals surface area contributed by atoms with Crippen LogP contribution < -0.4 is 9.47 Å². The molecule has 2 fully saturated rings. The number of carboxylic acids is 1. The van der Waals surface area contributed by atoms with Gasteiger partial charge in [-0.1, -0.05) is 0 Å². The number of ether oxygens (including phenoxy) is 3. The Balaban J connectivity index is 0.000000339. The normalized spacial score (nSPS) is 23.7. The average Bonchev–Trinajstić information content (AvgIpc) is 2.87. The minimum Gasteiger partial charge on any atom is -0.490 e. The van der Waals surface area contributed by atoms with Gasteiger partial charge in [-0.15, -0.1) is 0 Å². The summed E-state index contributed by atoms with van der Waals surface area (Å²) in [5.74, 6) is -0.928. The number of aliphatic carboxylic acids is 1. The number of rotatable bonds is 1. The molecule has 0 spiro atoms. The Hall–Kier alpha value is -2.53. The van der Waals surface area contributed by atoms with Crippen LogP contribution in [0.3, 0.4) is 0 Å². The maximum atomic E-state index is 12.9. The predicted octanol–water partition coefficient (Wildman–Crippen LogP) is 1.88. The number of benzene rings is 1. The molecule has 172 valence electrons. The van der Waals surface area contributed by atoms with Gasteiger partial charge in [0.1, 0.15) is 0 Å². The second kappa shape index (κ2) is 9.73. The van der Waals surface area contributed by atoms with Crippen LogP contribution in [0, 0.1) is 5.92 Å². The molecule has 1 aromatic rings. The molecule has 2 saturated heterocycles. The number of carbonyl (C=O) groups excluding carboxylic acids is 1. The number of amides is 1. The Morgan fingerprint density at radius 3 is 2.42 bits per heavy atom. The molecule has 4 rings (SSSR count). The van der Waals surface area contributed by atoms with Gasteiger partial charge in [0.05, 0.1) is 25.9 Å². The van der Waals surface area contributed by atoms with Crippen molar-refractivity contribution in [2.75, 3.05) is 53.0 Å². The van der Waals surface area contributed by atoms with Crippen LogP contribution in [-0.2, 0) is 9.53 Å². The number of halogens is 3. The first-order valence-electron chi connectivity index (χ1n) is 9.94. The van der Waals surface area contributed by atoms with Crippen LogP contribution >= 0.6 is 0 Å². The van der Waals surface area contributed by atoms with E-state index in [1.54, 1.807) is 0 Å². The smallest absolute Gasteiger partial charge is 0.490 e. The van der Waals surface area contributed by atoms with E-state index < -0.39 is 12.1 Å². The Morgan fingerprint density at radius 2 is 1.74 bits per heavy atom. The first-order valence-corrected chi connectivity index (χ1v) is 9.94. The third-order valence-electron chi connectivity index (χ3n) is 5.26. The van der Waals surface area contributed by atoms with Crippen LogP contribution in [0.25, 0.3) is 0 Å². The highest BCUT2D eigenvalue weighted by Crippen LogP contribution is 2.32. The molecular weight excluding hydrogens is 421 g/mol. The van der Waals surface area contributed by atoms with Gasteiger partial charge >= 0.3 is 12.1 Å². The minimum absolute atomic E-state index is 0.0463. The van der Waals surface area contributed by atoms with E-state index in [0.29, 0.717) is 37.0 Å². The van der Waals surface area contributed by atoms with E-state index in [2.05, 4.69) is 11.9 Å². The molecule has 11 heteroatoms. The highest BCUT2D eigenvalue weighted by molar-refractivity contribution is 5.95. The quantitative estimate of drug-likeness (QED) is 0.705. The molecular formula is C20H25F3N2O6. The third kappa shape index (κ3) is 6.01. The second-order valence-corrected chi connectivity index (χ2v) is 7.66. The van der Waals surface area contributed by atoms with E-state index in [0.717, 1.165) is 38.4 Å². The van der Waals surface area contributed by atoms with Crippen molar-refractivity contribution in [2.24, 2.45) is 5.92 Å². The number of carboxylic acid groups (broad SMARTS) is 1. The summed E-state index contributed by atoms with van der Waals surface area (Å²) in [4.78, 5) is 26.0. The van der Waals surface area contributed by atoms with Gasteiger partial charge in [0.15, 0.2) is 11.5 Å². The summed E-state index contributed by atoms with van der Waals surface area (Å²) in [5, 5.41) is 7.12. The minimum atomic E-state index is -5.08. The summed E-state index contributed by atoms with van der Waals surface area (Å²) < 4.78 is 49.0. The van der Waals surface area contributed by atoms with E-state index in [1.807, 2.05) is 23.1 Å². The van der Waals surface area contributed by atoms with E-state index in [1.165, 1.54) is 0 Å². The van der Waals surface area contributed by atoms with Crippen molar-refractivity contribution < 1.29 is 42.1 Å². The van der Waals surface area contributed by atoms with Gasteiger partial charge < -0.3 is 29.1 Å². The third-order valence-corrected chi connectivity index (χ3v) is 5.26. The number of likely N-dealkylation sites (tertiary alicyclic amines) is 1. The Morgan fingerprint density at radius 1 is 1.06 bits per heavy atom. The number of likely N-dealkylation sites (N-methyl/N-ethyl adjacent to an activating group) is 1. The Kier molecular flexibility index (Phi) is 7.26. The topological polar surface area (TPSA) is 88.5 Å². The van der Waals surface area contributed by atoms with Crippen LogP contribution in [-0.4, -0.2) is 92.1 Å². The van der Waals surface area contributed by atoms with Crippen molar-refractivity contribution in [1.82, 2.24) is 9.80 Å². The molecule has 1 aromatic carbocycles. The van der Waals surface area contributed by atoms with Crippen molar-refractivity contribution >= 4 is 11.9 Å². The molecule has 1 N–H and O–H groups in total. The summed E-state index contributed by atoms with van der Waals surface area (Å²) in [6, 6.07) is 5.48. The van der Waals surface area contributed by atoms with Gasteiger partial charge in [-0.25, -0.2) is 4.79 Å². The molecule has 1 amide bonds. The molecule has 3 aliphatic rings. The summed E-state index contributed by atoms with van der Waals surface area (Å²) >= 11 is 0. The molecule has 0 aliphatic carbocycles. The van der Waals surface area contributed by atoms with E-state index in [4.69, 9.17) is 24.1 Å². The largest absolute Gasteiger partial charge is 0.490 e. The Labute approximate surface area is 177 Å². The zero-order chi connectivity index (χ0) is 22.6. The number of carbonyl (C=O) groups is 2. The van der Waals surface area contributed by atoms with Gasteiger partial charge in [0.25, 0.3) is 5.91 Å². The SMILES string of the molecule is CN1CCO[C@@H]2CN(C(=O)c3ccc4c(c3)OCCCO4)C[C@@H]2C1.O=C(O)C(F)(F)F. The first kappa shape index (κ1) is 23.1. The maximum absolute atomic E-state index is 12.9. The molecule has 0 saturated carbocycles. The summed E-state index contributed by atoms with van der Waals surface area (Å²) in [5.41, 5.74) is 0.657. The maximum Gasteiger partial charge on any atom is 0.490 e. The zero-order valence-electron chi connectivity index (χ0n) is 17.1. The number of fused-ring (bicyclic) bond motifs is 2. The van der Waals surface area contributed by atoms with Crippen molar-refractivity contribution in [1.29, 1.82) is 0 Å². The van der Waals surface area contributed by atoms with Gasteiger partial charge in [-0.2, -0.15) is 13.2 Å². The number of hydrogen-bond donors (Lipinski definition) is 1. The number of alkyl halides is 3. The van der Waals surface area contributed by atoms with Crippen LogP contribution in [0.5, 0.6) is 11.5 Å². The van der Waals surface area contributed by atoms with Crippen LogP contribution in [0.4, 0.5) is 13.2 Å². The molecule has 0 unspecified atom stereocenters. The van der Waals surface area contributed by atoms with Gasteiger partial charge in [-0.05, 0) is 25.2 Å². The van der Waals surface area contributed by atoms with E-state index in [-0.39, 0.29) is 12.0 Å². The molecule has 2 atom stereocenters. The van der Waals surface area contributed by atoms with Crippen molar-refractivity contribution in [2.45, 2.75) is 18.7 Å². The van der Waals surface area contributed by atoms with Gasteiger partial charge in [0.2, 0.25) is 0 Å². The lowest BCUT2D eigenvalue weighted by Crippen LogP contribution is -2.32. The van der Waals surface area contributed by atoms with Crippen molar-refractivity contribution in [3.8, 4) is 11.5 Å². The summed E-state index contributed by atoms with van der Waals surface area (Å²) in [7, 11) is 2.11. The number of hydrogen-bond acceptors (Lipinski definition) is 6. The molecule has 8 nitrogen and oxygen atoms in total. The van der Waals surface area contributed by atoms with Gasteiger partial charge in [0, 0.05) is 44.1 Å². The summed E-state index contributed by atoms with van der Waals surface area (Å²) in [6.07, 6.45) is -4.07. The van der Waals surface area contributed by atoms with Crippen LogP contribution in [0.1, 0.15) is 16.8 Å². The molecule has 0 radical (unpaired) electrons. The molecule has 0 aromatic heterocycles. The van der Waals surface area contributed by atoms with Gasteiger partial charge in [-0.3, -0.25) is 4.79 Å². The van der Waals surface area contributed by atoms with Crippen molar-refractivity contribution in [3.63, 3.8) is 0 Å². The van der Waals surface area contributed by atoms with Crippen molar-refractivity contribution in [3.05, 3.63) is 23.8 Å². The monoisotopic (exact) mass is 446 g/mol. The fourth-order valence-corrected chi connectivity index (χ4v) is 3.70. The van der Waals surface area contributed by atoms with E-state index in [9.17, 15) is 18.0 Å². The lowest BCUT2D eigenvalue weighted by atomic mass is 10.1. The molecule has 3 aliphatic heterocycles. The van der Waals surface area contributed by atoms with Crippen LogP contribution in [0.2, 0.25) is 0 Å².